The lowest BCUT2D eigenvalue weighted by Gasteiger charge is -2.14. The quantitative estimate of drug-likeness (QED) is 0.650. The first-order valence-corrected chi connectivity index (χ1v) is 6.02. The molecule has 1 aromatic rings. The lowest BCUT2D eigenvalue weighted by Crippen LogP contribution is -2.19. The van der Waals surface area contributed by atoms with Gasteiger partial charge in [-0.25, -0.2) is 4.79 Å². The van der Waals surface area contributed by atoms with Gasteiger partial charge < -0.3 is 19.9 Å². The third-order valence-electron chi connectivity index (χ3n) is 2.72. The number of esters is 1. The normalized spacial score (nSPS) is 18.6. The van der Waals surface area contributed by atoms with E-state index in [0.717, 1.165) is 6.42 Å². The molecule has 1 saturated heterocycles. The zero-order valence-electron chi connectivity index (χ0n) is 10.3. The fourth-order valence-electron chi connectivity index (χ4n) is 1.86. The van der Waals surface area contributed by atoms with Crippen LogP contribution in [0.1, 0.15) is 23.7 Å². The Kier molecular flexibility index (Phi) is 4.04. The van der Waals surface area contributed by atoms with Gasteiger partial charge >= 0.3 is 5.97 Å². The molecule has 18 heavy (non-hydrogen) atoms. The number of carbonyl (C=O) groups is 1. The fourth-order valence-corrected chi connectivity index (χ4v) is 1.86. The van der Waals surface area contributed by atoms with Gasteiger partial charge in [0.25, 0.3) is 0 Å². The molecule has 1 aromatic carbocycles. The molecule has 1 fully saturated rings. The van der Waals surface area contributed by atoms with Crippen molar-refractivity contribution in [3.63, 3.8) is 0 Å². The van der Waals surface area contributed by atoms with E-state index in [1.54, 1.807) is 18.2 Å². The molecule has 1 aliphatic rings. The fraction of sp³-hybridized carbons (Fsp3) is 0.462. The SMILES string of the molecule is CCOc1cccc(N)c1C(=O)OC1CCOC1. The Morgan fingerprint density at radius 2 is 2.39 bits per heavy atom. The van der Waals surface area contributed by atoms with Crippen molar-refractivity contribution in [3.05, 3.63) is 23.8 Å². The number of rotatable bonds is 4. The molecule has 2 rings (SSSR count). The molecular formula is C13H17NO4. The van der Waals surface area contributed by atoms with Crippen molar-refractivity contribution in [2.75, 3.05) is 25.6 Å². The second kappa shape index (κ2) is 5.73. The van der Waals surface area contributed by atoms with E-state index in [-0.39, 0.29) is 6.10 Å². The summed E-state index contributed by atoms with van der Waals surface area (Å²) in [6.45, 7) is 3.39. The Hall–Kier alpha value is -1.75. The molecule has 1 atom stereocenters. The molecule has 0 aliphatic carbocycles. The van der Waals surface area contributed by atoms with Gasteiger partial charge in [0.05, 0.1) is 19.8 Å². The maximum atomic E-state index is 12.1. The topological polar surface area (TPSA) is 70.8 Å². The van der Waals surface area contributed by atoms with E-state index in [0.29, 0.717) is 36.8 Å². The summed E-state index contributed by atoms with van der Waals surface area (Å²) in [5.41, 5.74) is 6.48. The van der Waals surface area contributed by atoms with E-state index in [1.807, 2.05) is 6.92 Å². The molecule has 0 radical (unpaired) electrons. The van der Waals surface area contributed by atoms with E-state index in [2.05, 4.69) is 0 Å². The first-order chi connectivity index (χ1) is 8.72. The number of benzene rings is 1. The molecule has 0 spiro atoms. The molecule has 98 valence electrons. The number of hydrogen-bond acceptors (Lipinski definition) is 5. The van der Waals surface area contributed by atoms with Gasteiger partial charge in [-0.2, -0.15) is 0 Å². The standard InChI is InChI=1S/C13H17NO4/c1-2-17-11-5-3-4-10(14)12(11)13(15)18-9-6-7-16-8-9/h3-5,9H,2,6-8,14H2,1H3. The number of hydrogen-bond donors (Lipinski definition) is 1. The summed E-state index contributed by atoms with van der Waals surface area (Å²) in [7, 11) is 0. The predicted molar refractivity (Wildman–Crippen MR) is 66.7 cm³/mol. The van der Waals surface area contributed by atoms with E-state index in [9.17, 15) is 4.79 Å². The van der Waals surface area contributed by atoms with Crippen molar-refractivity contribution in [2.24, 2.45) is 0 Å². The minimum Gasteiger partial charge on any atom is -0.493 e. The molecule has 1 aliphatic heterocycles. The Morgan fingerprint density at radius 1 is 1.56 bits per heavy atom. The van der Waals surface area contributed by atoms with E-state index < -0.39 is 5.97 Å². The number of carbonyl (C=O) groups excluding carboxylic acids is 1. The minimum atomic E-state index is -0.452. The van der Waals surface area contributed by atoms with Gasteiger partial charge in [-0.1, -0.05) is 6.07 Å². The van der Waals surface area contributed by atoms with Gasteiger partial charge in [-0.3, -0.25) is 0 Å². The lowest BCUT2D eigenvalue weighted by atomic mass is 10.1. The van der Waals surface area contributed by atoms with Crippen molar-refractivity contribution in [2.45, 2.75) is 19.4 Å². The van der Waals surface area contributed by atoms with Gasteiger partial charge in [0.1, 0.15) is 17.4 Å². The lowest BCUT2D eigenvalue weighted by molar-refractivity contribution is 0.0268. The van der Waals surface area contributed by atoms with Gasteiger partial charge in [0, 0.05) is 12.1 Å². The Balaban J connectivity index is 2.17. The highest BCUT2D eigenvalue weighted by atomic mass is 16.6. The Morgan fingerprint density at radius 3 is 3.06 bits per heavy atom. The molecule has 0 saturated carbocycles. The van der Waals surface area contributed by atoms with Crippen LogP contribution in [-0.4, -0.2) is 31.9 Å². The van der Waals surface area contributed by atoms with Crippen molar-refractivity contribution < 1.29 is 19.0 Å². The van der Waals surface area contributed by atoms with Crippen LogP contribution in [0.4, 0.5) is 5.69 Å². The number of nitrogen functional groups attached to an aromatic ring is 1. The average molecular weight is 251 g/mol. The molecule has 1 unspecified atom stereocenters. The van der Waals surface area contributed by atoms with Crippen LogP contribution in [0.2, 0.25) is 0 Å². The van der Waals surface area contributed by atoms with Crippen molar-refractivity contribution >= 4 is 11.7 Å². The Bertz CT molecular complexity index is 427. The highest BCUT2D eigenvalue weighted by Crippen LogP contribution is 2.26. The maximum Gasteiger partial charge on any atom is 0.344 e. The zero-order valence-corrected chi connectivity index (χ0v) is 10.3. The van der Waals surface area contributed by atoms with Crippen molar-refractivity contribution in [1.29, 1.82) is 0 Å². The van der Waals surface area contributed by atoms with E-state index in [1.165, 1.54) is 0 Å². The van der Waals surface area contributed by atoms with Crippen LogP contribution >= 0.6 is 0 Å². The molecule has 0 amide bonds. The smallest absolute Gasteiger partial charge is 0.344 e. The van der Waals surface area contributed by atoms with Crippen molar-refractivity contribution in [1.82, 2.24) is 0 Å². The van der Waals surface area contributed by atoms with Gasteiger partial charge in [0.2, 0.25) is 0 Å². The highest BCUT2D eigenvalue weighted by Gasteiger charge is 2.24. The zero-order chi connectivity index (χ0) is 13.0. The molecule has 0 aromatic heterocycles. The van der Waals surface area contributed by atoms with Crippen LogP contribution in [0, 0.1) is 0 Å². The van der Waals surface area contributed by atoms with Crippen LogP contribution in [0.15, 0.2) is 18.2 Å². The largest absolute Gasteiger partial charge is 0.493 e. The van der Waals surface area contributed by atoms with Crippen LogP contribution < -0.4 is 10.5 Å². The Labute approximate surface area is 106 Å². The summed E-state index contributed by atoms with van der Waals surface area (Å²) in [5.74, 6) is 0.00784. The van der Waals surface area contributed by atoms with Gasteiger partial charge in [-0.05, 0) is 19.1 Å². The molecular weight excluding hydrogens is 234 g/mol. The summed E-state index contributed by atoms with van der Waals surface area (Å²) < 4.78 is 15.9. The van der Waals surface area contributed by atoms with Crippen LogP contribution in [0.25, 0.3) is 0 Å². The summed E-state index contributed by atoms with van der Waals surface area (Å²) in [6.07, 6.45) is 0.536. The van der Waals surface area contributed by atoms with Crippen molar-refractivity contribution in [3.8, 4) is 5.75 Å². The minimum absolute atomic E-state index is 0.188. The first kappa shape index (κ1) is 12.7. The number of ether oxygens (including phenoxy) is 3. The van der Waals surface area contributed by atoms with E-state index >= 15 is 0 Å². The average Bonchev–Trinajstić information content (AvgIpc) is 2.82. The van der Waals surface area contributed by atoms with Crippen LogP contribution in [0.5, 0.6) is 5.75 Å². The molecule has 2 N–H and O–H groups in total. The monoisotopic (exact) mass is 251 g/mol. The third-order valence-corrected chi connectivity index (χ3v) is 2.72. The molecule has 5 nitrogen and oxygen atoms in total. The maximum absolute atomic E-state index is 12.1. The summed E-state index contributed by atoms with van der Waals surface area (Å²) in [4.78, 5) is 12.1. The second-order valence-electron chi connectivity index (χ2n) is 4.04. The molecule has 5 heteroatoms. The molecule has 1 heterocycles. The molecule has 0 bridgehead atoms. The third kappa shape index (κ3) is 2.73. The number of anilines is 1. The predicted octanol–water partition coefficient (Wildman–Crippen LogP) is 1.61. The summed E-state index contributed by atoms with van der Waals surface area (Å²) in [5, 5.41) is 0. The van der Waals surface area contributed by atoms with Gasteiger partial charge in [-0.15, -0.1) is 0 Å². The van der Waals surface area contributed by atoms with Gasteiger partial charge in [0.15, 0.2) is 0 Å². The van der Waals surface area contributed by atoms with Crippen LogP contribution in [-0.2, 0) is 9.47 Å². The highest BCUT2D eigenvalue weighted by molar-refractivity contribution is 5.98. The first-order valence-electron chi connectivity index (χ1n) is 6.02. The van der Waals surface area contributed by atoms with E-state index in [4.69, 9.17) is 19.9 Å². The van der Waals surface area contributed by atoms with Crippen LogP contribution in [0.3, 0.4) is 0 Å². The summed E-state index contributed by atoms with van der Waals surface area (Å²) >= 11 is 0. The number of nitrogens with two attached hydrogens (primary N) is 1. The second-order valence-corrected chi connectivity index (χ2v) is 4.04. The summed E-state index contributed by atoms with van der Waals surface area (Å²) in [6, 6.07) is 5.11.